The standard InChI is InChI=1S/C15H21N3S/c1-12(9-15-7-4-8-19-15)18(2)11-14-6-3-5-13(10-16)17-14/h3-8,12H,9-11,16H2,1-2H3. The van der Waals surface area contributed by atoms with Gasteiger partial charge in [0.2, 0.25) is 0 Å². The number of rotatable bonds is 6. The molecule has 2 heterocycles. The first-order valence-electron chi connectivity index (χ1n) is 6.56. The maximum absolute atomic E-state index is 5.62. The summed E-state index contributed by atoms with van der Waals surface area (Å²) >= 11 is 1.82. The van der Waals surface area contributed by atoms with Crippen LogP contribution in [0.4, 0.5) is 0 Å². The van der Waals surface area contributed by atoms with Gasteiger partial charge in [0.25, 0.3) is 0 Å². The molecular formula is C15H21N3S. The van der Waals surface area contributed by atoms with Crippen molar-refractivity contribution in [2.75, 3.05) is 7.05 Å². The van der Waals surface area contributed by atoms with Crippen LogP contribution in [0.1, 0.15) is 23.2 Å². The van der Waals surface area contributed by atoms with Gasteiger partial charge in [-0.2, -0.15) is 0 Å². The van der Waals surface area contributed by atoms with E-state index in [1.54, 1.807) is 0 Å². The van der Waals surface area contributed by atoms with Crippen LogP contribution in [0.5, 0.6) is 0 Å². The summed E-state index contributed by atoms with van der Waals surface area (Å²) in [6.45, 7) is 3.62. The molecule has 2 rings (SSSR count). The van der Waals surface area contributed by atoms with E-state index < -0.39 is 0 Å². The Kier molecular flexibility index (Phi) is 5.07. The van der Waals surface area contributed by atoms with Gasteiger partial charge in [-0.15, -0.1) is 11.3 Å². The Morgan fingerprint density at radius 3 is 2.74 bits per heavy atom. The van der Waals surface area contributed by atoms with Gasteiger partial charge < -0.3 is 5.73 Å². The van der Waals surface area contributed by atoms with Crippen molar-refractivity contribution in [2.24, 2.45) is 5.73 Å². The molecule has 0 amide bonds. The molecule has 2 aromatic rings. The number of hydrogen-bond donors (Lipinski definition) is 1. The van der Waals surface area contributed by atoms with Gasteiger partial charge in [0.15, 0.2) is 0 Å². The topological polar surface area (TPSA) is 42.1 Å². The predicted octanol–water partition coefficient (Wildman–Crippen LogP) is 2.66. The Morgan fingerprint density at radius 2 is 2.05 bits per heavy atom. The van der Waals surface area contributed by atoms with Crippen molar-refractivity contribution < 1.29 is 0 Å². The number of nitrogens with two attached hydrogens (primary N) is 1. The van der Waals surface area contributed by atoms with Gasteiger partial charge in [-0.05, 0) is 44.0 Å². The van der Waals surface area contributed by atoms with Crippen LogP contribution in [0.15, 0.2) is 35.7 Å². The summed E-state index contributed by atoms with van der Waals surface area (Å²) in [6, 6.07) is 10.9. The van der Waals surface area contributed by atoms with E-state index in [0.29, 0.717) is 12.6 Å². The van der Waals surface area contributed by atoms with Crippen LogP contribution in [0.2, 0.25) is 0 Å². The molecule has 0 saturated carbocycles. The van der Waals surface area contributed by atoms with Crippen molar-refractivity contribution >= 4 is 11.3 Å². The van der Waals surface area contributed by atoms with E-state index in [2.05, 4.69) is 47.4 Å². The summed E-state index contributed by atoms with van der Waals surface area (Å²) in [6.07, 6.45) is 1.09. The van der Waals surface area contributed by atoms with Crippen LogP contribution in [0.25, 0.3) is 0 Å². The summed E-state index contributed by atoms with van der Waals surface area (Å²) in [5, 5.41) is 2.13. The van der Waals surface area contributed by atoms with Gasteiger partial charge in [-0.1, -0.05) is 12.1 Å². The molecule has 0 aliphatic carbocycles. The van der Waals surface area contributed by atoms with E-state index in [1.807, 2.05) is 23.5 Å². The fourth-order valence-corrected chi connectivity index (χ4v) is 2.84. The number of thiophene rings is 1. The zero-order chi connectivity index (χ0) is 13.7. The minimum Gasteiger partial charge on any atom is -0.325 e. The molecule has 3 nitrogen and oxygen atoms in total. The van der Waals surface area contributed by atoms with E-state index >= 15 is 0 Å². The highest BCUT2D eigenvalue weighted by atomic mass is 32.1. The molecule has 2 N–H and O–H groups in total. The highest BCUT2D eigenvalue weighted by Gasteiger charge is 2.11. The zero-order valence-corrected chi connectivity index (χ0v) is 12.4. The first kappa shape index (κ1) is 14.2. The Morgan fingerprint density at radius 1 is 1.26 bits per heavy atom. The van der Waals surface area contributed by atoms with E-state index in [-0.39, 0.29) is 0 Å². The molecule has 2 aromatic heterocycles. The molecule has 1 atom stereocenters. The summed E-state index contributed by atoms with van der Waals surface area (Å²) in [7, 11) is 2.15. The van der Waals surface area contributed by atoms with Gasteiger partial charge in [0.1, 0.15) is 0 Å². The number of aromatic nitrogens is 1. The normalized spacial score (nSPS) is 12.8. The maximum atomic E-state index is 5.62. The lowest BCUT2D eigenvalue weighted by Crippen LogP contribution is -2.30. The average molecular weight is 275 g/mol. The van der Waals surface area contributed by atoms with Crippen LogP contribution < -0.4 is 5.73 Å². The molecule has 1 unspecified atom stereocenters. The van der Waals surface area contributed by atoms with Crippen molar-refractivity contribution in [1.29, 1.82) is 0 Å². The first-order chi connectivity index (χ1) is 9.19. The number of nitrogens with zero attached hydrogens (tertiary/aromatic N) is 2. The van der Waals surface area contributed by atoms with Crippen LogP contribution in [-0.4, -0.2) is 23.0 Å². The minimum atomic E-state index is 0.502. The van der Waals surface area contributed by atoms with Crippen LogP contribution in [-0.2, 0) is 19.5 Å². The van der Waals surface area contributed by atoms with E-state index in [4.69, 9.17) is 5.73 Å². The summed E-state index contributed by atoms with van der Waals surface area (Å²) in [5.41, 5.74) is 7.67. The quantitative estimate of drug-likeness (QED) is 0.881. The minimum absolute atomic E-state index is 0.502. The van der Waals surface area contributed by atoms with Crippen molar-refractivity contribution in [1.82, 2.24) is 9.88 Å². The Labute approximate surface area is 119 Å². The molecule has 0 spiro atoms. The molecule has 0 fully saturated rings. The molecule has 0 aliphatic rings. The Balaban J connectivity index is 1.93. The van der Waals surface area contributed by atoms with E-state index in [0.717, 1.165) is 24.4 Å². The second-order valence-corrected chi connectivity index (χ2v) is 5.90. The predicted molar refractivity (Wildman–Crippen MR) is 81.1 cm³/mol. The molecule has 0 radical (unpaired) electrons. The molecular weight excluding hydrogens is 254 g/mol. The maximum Gasteiger partial charge on any atom is 0.0547 e. The molecule has 0 aromatic carbocycles. The Bertz CT molecular complexity index is 496. The van der Waals surface area contributed by atoms with Gasteiger partial charge in [-0.25, -0.2) is 0 Å². The summed E-state index contributed by atoms with van der Waals surface area (Å²) < 4.78 is 0. The zero-order valence-electron chi connectivity index (χ0n) is 11.5. The van der Waals surface area contributed by atoms with Crippen molar-refractivity contribution in [3.05, 3.63) is 52.0 Å². The van der Waals surface area contributed by atoms with E-state index in [9.17, 15) is 0 Å². The lowest BCUT2D eigenvalue weighted by Gasteiger charge is -2.24. The third-order valence-electron chi connectivity index (χ3n) is 3.31. The van der Waals surface area contributed by atoms with Gasteiger partial charge >= 0.3 is 0 Å². The molecule has 19 heavy (non-hydrogen) atoms. The molecule has 4 heteroatoms. The number of likely N-dealkylation sites (N-methyl/N-ethyl adjacent to an activating group) is 1. The van der Waals surface area contributed by atoms with Gasteiger partial charge in [-0.3, -0.25) is 9.88 Å². The SMILES string of the molecule is CC(Cc1cccs1)N(C)Cc1cccc(CN)n1. The third kappa shape index (κ3) is 4.13. The van der Waals surface area contributed by atoms with E-state index in [1.165, 1.54) is 4.88 Å². The first-order valence-corrected chi connectivity index (χ1v) is 7.44. The van der Waals surface area contributed by atoms with Gasteiger partial charge in [0, 0.05) is 24.0 Å². The average Bonchev–Trinajstić information content (AvgIpc) is 2.91. The lowest BCUT2D eigenvalue weighted by molar-refractivity contribution is 0.246. The fraction of sp³-hybridized carbons (Fsp3) is 0.400. The summed E-state index contributed by atoms with van der Waals surface area (Å²) in [4.78, 5) is 8.32. The van der Waals surface area contributed by atoms with Crippen molar-refractivity contribution in [3.8, 4) is 0 Å². The molecule has 0 saturated heterocycles. The molecule has 0 aliphatic heterocycles. The number of hydrogen-bond acceptors (Lipinski definition) is 4. The Hall–Kier alpha value is -1.23. The highest BCUT2D eigenvalue weighted by molar-refractivity contribution is 7.09. The lowest BCUT2D eigenvalue weighted by atomic mass is 10.1. The van der Waals surface area contributed by atoms with Crippen LogP contribution >= 0.6 is 11.3 Å². The monoisotopic (exact) mass is 275 g/mol. The van der Waals surface area contributed by atoms with Crippen molar-refractivity contribution in [3.63, 3.8) is 0 Å². The van der Waals surface area contributed by atoms with Crippen LogP contribution in [0, 0.1) is 0 Å². The summed E-state index contributed by atoms with van der Waals surface area (Å²) in [5.74, 6) is 0. The van der Waals surface area contributed by atoms with Gasteiger partial charge in [0.05, 0.1) is 11.4 Å². The second-order valence-electron chi connectivity index (χ2n) is 4.87. The molecule has 102 valence electrons. The smallest absolute Gasteiger partial charge is 0.0547 e. The van der Waals surface area contributed by atoms with Crippen LogP contribution in [0.3, 0.4) is 0 Å². The largest absolute Gasteiger partial charge is 0.325 e. The highest BCUT2D eigenvalue weighted by Crippen LogP contribution is 2.14. The van der Waals surface area contributed by atoms with Crippen molar-refractivity contribution in [2.45, 2.75) is 32.5 Å². The second kappa shape index (κ2) is 6.80. The third-order valence-corrected chi connectivity index (χ3v) is 4.21. The fourth-order valence-electron chi connectivity index (χ4n) is 2.02. The molecule has 0 bridgehead atoms. The number of pyridine rings is 1.